The zero-order valence-corrected chi connectivity index (χ0v) is 35.5. The standard InChI is InChI=1S/C60H46N2/c1-59(2)51-24-12-11-23-49(51)50-34-31-44(37-54(50)59)61(55-27-15-20-40-17-7-9-21-46(40)55)45-32-35-53-57(38-45)62(56-26-14-13-25-52(56)60(53,3)4)58-47-22-10-8-18-41(47)30-33-48(58)43-29-28-39-16-5-6-19-42(39)36-43/h5-38H,1-4H3. The number of anilines is 6. The van der Waals surface area contributed by atoms with Crippen molar-refractivity contribution in [3.8, 4) is 22.3 Å². The van der Waals surface area contributed by atoms with E-state index in [1.54, 1.807) is 0 Å². The summed E-state index contributed by atoms with van der Waals surface area (Å²) in [5, 5.41) is 7.34. The van der Waals surface area contributed by atoms with Crippen molar-refractivity contribution in [3.63, 3.8) is 0 Å². The Labute approximate surface area is 364 Å². The van der Waals surface area contributed by atoms with Gasteiger partial charge in [-0.25, -0.2) is 0 Å². The van der Waals surface area contributed by atoms with E-state index in [0.29, 0.717) is 0 Å². The van der Waals surface area contributed by atoms with Crippen LogP contribution in [-0.2, 0) is 10.8 Å². The Morgan fingerprint density at radius 3 is 1.76 bits per heavy atom. The summed E-state index contributed by atoms with van der Waals surface area (Å²) in [4.78, 5) is 5.08. The van der Waals surface area contributed by atoms with Gasteiger partial charge in [0, 0.05) is 38.5 Å². The van der Waals surface area contributed by atoms with Gasteiger partial charge in [0.15, 0.2) is 0 Å². The molecule has 0 atom stereocenters. The van der Waals surface area contributed by atoms with Crippen LogP contribution in [0.2, 0.25) is 0 Å². The van der Waals surface area contributed by atoms with E-state index in [9.17, 15) is 0 Å². The van der Waals surface area contributed by atoms with Crippen LogP contribution < -0.4 is 9.80 Å². The molecule has 0 unspecified atom stereocenters. The summed E-state index contributed by atoms with van der Waals surface area (Å²) in [5.74, 6) is 0. The molecule has 0 saturated carbocycles. The lowest BCUT2D eigenvalue weighted by molar-refractivity contribution is 0.632. The highest BCUT2D eigenvalue weighted by Gasteiger charge is 2.39. The summed E-state index contributed by atoms with van der Waals surface area (Å²) in [6, 6.07) is 76.9. The molecule has 62 heavy (non-hydrogen) atoms. The topological polar surface area (TPSA) is 6.48 Å². The van der Waals surface area contributed by atoms with Crippen LogP contribution in [-0.4, -0.2) is 0 Å². The number of hydrogen-bond acceptors (Lipinski definition) is 2. The first kappa shape index (κ1) is 36.4. The summed E-state index contributed by atoms with van der Waals surface area (Å²) >= 11 is 0. The molecule has 10 aromatic rings. The fourth-order valence-corrected chi connectivity index (χ4v) is 10.8. The molecule has 296 valence electrons. The van der Waals surface area contributed by atoms with Gasteiger partial charge in [-0.3, -0.25) is 0 Å². The van der Waals surface area contributed by atoms with E-state index < -0.39 is 0 Å². The second kappa shape index (κ2) is 13.5. The quantitative estimate of drug-likeness (QED) is 0.171. The molecule has 0 amide bonds. The Morgan fingerprint density at radius 1 is 0.355 bits per heavy atom. The van der Waals surface area contributed by atoms with Gasteiger partial charge >= 0.3 is 0 Å². The largest absolute Gasteiger partial charge is 0.310 e. The zero-order chi connectivity index (χ0) is 41.7. The van der Waals surface area contributed by atoms with Gasteiger partial charge in [-0.1, -0.05) is 191 Å². The summed E-state index contributed by atoms with van der Waals surface area (Å²) in [7, 11) is 0. The lowest BCUT2D eigenvalue weighted by Gasteiger charge is -2.43. The smallest absolute Gasteiger partial charge is 0.0618 e. The van der Waals surface area contributed by atoms with E-state index >= 15 is 0 Å². The van der Waals surface area contributed by atoms with E-state index in [4.69, 9.17) is 0 Å². The molecule has 2 heteroatoms. The predicted molar refractivity (Wildman–Crippen MR) is 263 cm³/mol. The number of benzene rings is 10. The molecule has 1 heterocycles. The summed E-state index contributed by atoms with van der Waals surface area (Å²) in [6.45, 7) is 9.52. The van der Waals surface area contributed by atoms with E-state index in [1.807, 2.05) is 0 Å². The Kier molecular flexibility index (Phi) is 7.96. The molecular weight excluding hydrogens is 749 g/mol. The molecule has 0 aromatic heterocycles. The molecule has 1 aliphatic carbocycles. The first-order chi connectivity index (χ1) is 30.3. The second-order valence-electron chi connectivity index (χ2n) is 18.2. The summed E-state index contributed by atoms with van der Waals surface area (Å²) in [6.07, 6.45) is 0. The van der Waals surface area contributed by atoms with E-state index in [1.165, 1.54) is 93.9 Å². The third-order valence-corrected chi connectivity index (χ3v) is 14.0. The molecule has 0 N–H and O–H groups in total. The van der Waals surface area contributed by atoms with Crippen molar-refractivity contribution in [1.82, 2.24) is 0 Å². The highest BCUT2D eigenvalue weighted by Crippen LogP contribution is 2.57. The van der Waals surface area contributed by atoms with Crippen molar-refractivity contribution in [2.75, 3.05) is 9.80 Å². The lowest BCUT2D eigenvalue weighted by Crippen LogP contribution is -2.31. The van der Waals surface area contributed by atoms with Gasteiger partial charge < -0.3 is 9.80 Å². The summed E-state index contributed by atoms with van der Waals surface area (Å²) < 4.78 is 0. The fraction of sp³-hybridized carbons (Fsp3) is 0.100. The molecule has 1 aliphatic heterocycles. The Bertz CT molecular complexity index is 3440. The molecule has 0 radical (unpaired) electrons. The molecule has 2 aliphatic rings. The first-order valence-electron chi connectivity index (χ1n) is 21.8. The van der Waals surface area contributed by atoms with Crippen molar-refractivity contribution in [2.45, 2.75) is 38.5 Å². The van der Waals surface area contributed by atoms with Crippen LogP contribution in [0.15, 0.2) is 206 Å². The highest BCUT2D eigenvalue weighted by molar-refractivity contribution is 6.09. The minimum Gasteiger partial charge on any atom is -0.310 e. The van der Waals surface area contributed by atoms with Crippen LogP contribution in [0.4, 0.5) is 34.1 Å². The van der Waals surface area contributed by atoms with Gasteiger partial charge in [-0.05, 0) is 103 Å². The summed E-state index contributed by atoms with van der Waals surface area (Å²) in [5.41, 5.74) is 17.0. The molecule has 10 aromatic carbocycles. The van der Waals surface area contributed by atoms with Crippen LogP contribution in [0.5, 0.6) is 0 Å². The number of nitrogens with zero attached hydrogens (tertiary/aromatic N) is 2. The minimum absolute atomic E-state index is 0.139. The van der Waals surface area contributed by atoms with Gasteiger partial charge in [0.05, 0.1) is 22.7 Å². The molecule has 2 nitrogen and oxygen atoms in total. The van der Waals surface area contributed by atoms with Crippen LogP contribution in [0.3, 0.4) is 0 Å². The zero-order valence-electron chi connectivity index (χ0n) is 35.5. The van der Waals surface area contributed by atoms with E-state index in [0.717, 1.165) is 17.1 Å². The Morgan fingerprint density at radius 2 is 0.919 bits per heavy atom. The average molecular weight is 795 g/mol. The highest BCUT2D eigenvalue weighted by atomic mass is 15.2. The molecule has 0 fully saturated rings. The number of rotatable bonds is 5. The number of hydrogen-bond donors (Lipinski definition) is 0. The molecule has 0 saturated heterocycles. The maximum Gasteiger partial charge on any atom is 0.0618 e. The van der Waals surface area contributed by atoms with Gasteiger partial charge in [-0.2, -0.15) is 0 Å². The van der Waals surface area contributed by atoms with Gasteiger partial charge in [0.25, 0.3) is 0 Å². The van der Waals surface area contributed by atoms with Crippen LogP contribution in [0.1, 0.15) is 49.9 Å². The monoisotopic (exact) mass is 794 g/mol. The van der Waals surface area contributed by atoms with Crippen LogP contribution in [0, 0.1) is 0 Å². The Balaban J connectivity index is 1.14. The maximum atomic E-state index is 2.58. The van der Waals surface area contributed by atoms with Gasteiger partial charge in [0.2, 0.25) is 0 Å². The lowest BCUT2D eigenvalue weighted by atomic mass is 9.73. The number of fused-ring (bicyclic) bond motifs is 8. The molecule has 0 spiro atoms. The van der Waals surface area contributed by atoms with Crippen molar-refractivity contribution >= 4 is 66.4 Å². The first-order valence-corrected chi connectivity index (χ1v) is 21.8. The Hall–Kier alpha value is -7.42. The average Bonchev–Trinajstić information content (AvgIpc) is 3.54. The third kappa shape index (κ3) is 5.36. The third-order valence-electron chi connectivity index (χ3n) is 14.0. The van der Waals surface area contributed by atoms with Crippen molar-refractivity contribution < 1.29 is 0 Å². The predicted octanol–water partition coefficient (Wildman–Crippen LogP) is 16.7. The molecule has 12 rings (SSSR count). The molecule has 0 bridgehead atoms. The maximum absolute atomic E-state index is 2.58. The van der Waals surface area contributed by atoms with E-state index in [2.05, 4.69) is 244 Å². The SMILES string of the molecule is CC1(C)c2ccccc2-c2ccc(N(c3ccc4c(c3)N(c3c(-c5ccc6ccccc6c5)ccc5ccccc35)c3ccccc3C4(C)C)c3cccc4ccccc34)cc21. The normalized spacial score (nSPS) is 14.4. The van der Waals surface area contributed by atoms with Crippen LogP contribution >= 0.6 is 0 Å². The minimum atomic E-state index is -0.262. The van der Waals surface area contributed by atoms with Crippen molar-refractivity contribution in [2.24, 2.45) is 0 Å². The fourth-order valence-electron chi connectivity index (χ4n) is 10.8. The number of para-hydroxylation sites is 1. The molecular formula is C60H46N2. The van der Waals surface area contributed by atoms with Crippen molar-refractivity contribution in [1.29, 1.82) is 0 Å². The van der Waals surface area contributed by atoms with E-state index in [-0.39, 0.29) is 10.8 Å². The second-order valence-corrected chi connectivity index (χ2v) is 18.2. The van der Waals surface area contributed by atoms with Gasteiger partial charge in [-0.15, -0.1) is 0 Å². The van der Waals surface area contributed by atoms with Crippen molar-refractivity contribution in [3.05, 3.63) is 229 Å². The van der Waals surface area contributed by atoms with Crippen LogP contribution in [0.25, 0.3) is 54.6 Å². The van der Waals surface area contributed by atoms with Gasteiger partial charge in [0.1, 0.15) is 0 Å².